The SMILES string of the molecule is O=C1c2c(ccc(Oc3cc(F)cc(C4CC4)c3)c2C(F)F)C(F)(F)C1(F)F. The molecule has 9 heteroatoms. The summed E-state index contributed by atoms with van der Waals surface area (Å²) < 4.78 is 101. The molecular formula is C19H11F7O2. The molecule has 28 heavy (non-hydrogen) atoms. The molecule has 2 aliphatic carbocycles. The van der Waals surface area contributed by atoms with Crippen molar-refractivity contribution in [1.29, 1.82) is 0 Å². The van der Waals surface area contributed by atoms with E-state index in [0.717, 1.165) is 18.9 Å². The first kappa shape index (κ1) is 18.8. The normalized spacial score (nSPS) is 19.8. The highest BCUT2D eigenvalue weighted by atomic mass is 19.3. The van der Waals surface area contributed by atoms with Crippen LogP contribution in [-0.2, 0) is 5.92 Å². The molecule has 0 atom stereocenters. The van der Waals surface area contributed by atoms with E-state index in [1.807, 2.05) is 0 Å². The van der Waals surface area contributed by atoms with Crippen molar-refractivity contribution in [2.45, 2.75) is 37.0 Å². The molecule has 0 N–H and O–H groups in total. The van der Waals surface area contributed by atoms with Crippen LogP contribution in [0.3, 0.4) is 0 Å². The van der Waals surface area contributed by atoms with Crippen LogP contribution >= 0.6 is 0 Å². The summed E-state index contributed by atoms with van der Waals surface area (Å²) in [4.78, 5) is 11.8. The standard InChI is InChI=1S/C19H11F7O2/c20-10-5-9(8-1-2-8)6-11(7-10)28-13-4-3-12-14(15(13)17(21)22)16(27)19(25,26)18(12,23)24/h3-8,17H,1-2H2. The number of ether oxygens (including phenoxy) is 1. The van der Waals surface area contributed by atoms with E-state index in [2.05, 4.69) is 0 Å². The van der Waals surface area contributed by atoms with E-state index in [-0.39, 0.29) is 11.7 Å². The van der Waals surface area contributed by atoms with Gasteiger partial charge >= 0.3 is 11.8 Å². The second-order valence-electron chi connectivity index (χ2n) is 6.78. The van der Waals surface area contributed by atoms with E-state index in [0.29, 0.717) is 17.7 Å². The molecule has 1 fully saturated rings. The fraction of sp³-hybridized carbons (Fsp3) is 0.316. The second kappa shape index (κ2) is 5.96. The smallest absolute Gasteiger partial charge is 0.376 e. The van der Waals surface area contributed by atoms with E-state index < -0.39 is 52.3 Å². The number of benzene rings is 2. The van der Waals surface area contributed by atoms with Crippen LogP contribution in [0.1, 0.15) is 52.2 Å². The van der Waals surface area contributed by atoms with Crippen LogP contribution in [0.5, 0.6) is 11.5 Å². The number of alkyl halides is 6. The molecule has 0 bridgehead atoms. The van der Waals surface area contributed by atoms with Crippen molar-refractivity contribution in [3.63, 3.8) is 0 Å². The fourth-order valence-corrected chi connectivity index (χ4v) is 3.30. The minimum atomic E-state index is -5.14. The number of carbonyl (C=O) groups is 1. The molecule has 2 nitrogen and oxygen atoms in total. The number of hydrogen-bond acceptors (Lipinski definition) is 2. The van der Waals surface area contributed by atoms with Gasteiger partial charge in [-0.1, -0.05) is 0 Å². The molecule has 0 radical (unpaired) electrons. The summed E-state index contributed by atoms with van der Waals surface area (Å²) in [6, 6.07) is 4.65. The van der Waals surface area contributed by atoms with Gasteiger partial charge in [0.2, 0.25) is 5.78 Å². The first-order chi connectivity index (χ1) is 13.0. The third-order valence-electron chi connectivity index (χ3n) is 4.84. The molecule has 2 aromatic carbocycles. The Labute approximate surface area is 153 Å². The van der Waals surface area contributed by atoms with Gasteiger partial charge < -0.3 is 4.74 Å². The van der Waals surface area contributed by atoms with Crippen molar-refractivity contribution in [3.8, 4) is 11.5 Å². The maximum Gasteiger partial charge on any atom is 0.376 e. The summed E-state index contributed by atoms with van der Waals surface area (Å²) in [5.41, 5.74) is -3.73. The third-order valence-corrected chi connectivity index (χ3v) is 4.84. The van der Waals surface area contributed by atoms with Crippen molar-refractivity contribution in [2.24, 2.45) is 0 Å². The van der Waals surface area contributed by atoms with Gasteiger partial charge in [0.25, 0.3) is 6.43 Å². The molecule has 0 aliphatic heterocycles. The van der Waals surface area contributed by atoms with Gasteiger partial charge in [-0.05, 0) is 48.6 Å². The van der Waals surface area contributed by atoms with Gasteiger partial charge in [-0.3, -0.25) is 4.79 Å². The van der Waals surface area contributed by atoms with Crippen molar-refractivity contribution in [2.75, 3.05) is 0 Å². The minimum Gasteiger partial charge on any atom is -0.457 e. The number of hydrogen-bond donors (Lipinski definition) is 0. The molecule has 0 aromatic heterocycles. The number of halogens is 7. The topological polar surface area (TPSA) is 26.3 Å². The predicted octanol–water partition coefficient (Wildman–Crippen LogP) is 6.36. The Kier molecular flexibility index (Phi) is 3.99. The summed E-state index contributed by atoms with van der Waals surface area (Å²) in [5.74, 6) is -14.0. The predicted molar refractivity (Wildman–Crippen MR) is 83.0 cm³/mol. The maximum absolute atomic E-state index is 13.9. The zero-order valence-corrected chi connectivity index (χ0v) is 13.9. The Morgan fingerprint density at radius 3 is 2.29 bits per heavy atom. The van der Waals surface area contributed by atoms with Crippen LogP contribution in [0.2, 0.25) is 0 Å². The molecule has 0 spiro atoms. The van der Waals surface area contributed by atoms with Gasteiger partial charge in [0, 0.05) is 17.2 Å². The number of rotatable bonds is 4. The molecular weight excluding hydrogens is 393 g/mol. The van der Waals surface area contributed by atoms with Gasteiger partial charge in [0.1, 0.15) is 17.3 Å². The Bertz CT molecular complexity index is 980. The lowest BCUT2D eigenvalue weighted by Crippen LogP contribution is -2.38. The lowest BCUT2D eigenvalue weighted by Gasteiger charge is -2.17. The largest absolute Gasteiger partial charge is 0.457 e. The highest BCUT2D eigenvalue weighted by Gasteiger charge is 2.70. The Hall–Kier alpha value is -2.58. The summed E-state index contributed by atoms with van der Waals surface area (Å²) in [7, 11) is 0. The van der Waals surface area contributed by atoms with Crippen molar-refractivity contribution in [1.82, 2.24) is 0 Å². The lowest BCUT2D eigenvalue weighted by atomic mass is 10.0. The Morgan fingerprint density at radius 2 is 1.68 bits per heavy atom. The molecule has 2 aromatic rings. The lowest BCUT2D eigenvalue weighted by molar-refractivity contribution is -0.176. The first-order valence-electron chi connectivity index (χ1n) is 8.28. The average Bonchev–Trinajstić information content (AvgIpc) is 3.42. The average molecular weight is 404 g/mol. The van der Waals surface area contributed by atoms with E-state index in [9.17, 15) is 35.5 Å². The first-order valence-corrected chi connectivity index (χ1v) is 8.28. The number of Topliss-reactive ketones (excluding diaryl/α,β-unsaturated/α-hetero) is 1. The Balaban J connectivity index is 1.83. The molecule has 0 amide bonds. The number of fused-ring (bicyclic) bond motifs is 1. The van der Waals surface area contributed by atoms with Crippen LogP contribution in [-0.4, -0.2) is 11.7 Å². The van der Waals surface area contributed by atoms with E-state index in [1.54, 1.807) is 0 Å². The molecule has 0 unspecified atom stereocenters. The maximum atomic E-state index is 13.9. The molecule has 1 saturated carbocycles. The van der Waals surface area contributed by atoms with Crippen LogP contribution in [0, 0.1) is 5.82 Å². The van der Waals surface area contributed by atoms with Gasteiger partial charge in [-0.15, -0.1) is 0 Å². The molecule has 0 saturated heterocycles. The summed E-state index contributed by atoms with van der Waals surface area (Å²) in [5, 5.41) is 0. The number of carbonyl (C=O) groups excluding carboxylic acids is 1. The van der Waals surface area contributed by atoms with Gasteiger partial charge in [0.05, 0.1) is 5.56 Å². The third kappa shape index (κ3) is 2.67. The zero-order chi connectivity index (χ0) is 20.4. The highest BCUT2D eigenvalue weighted by molar-refractivity contribution is 6.08. The molecule has 4 rings (SSSR count). The Morgan fingerprint density at radius 1 is 1.00 bits per heavy atom. The monoisotopic (exact) mass is 404 g/mol. The van der Waals surface area contributed by atoms with Gasteiger partial charge in [-0.25, -0.2) is 13.2 Å². The van der Waals surface area contributed by atoms with Crippen LogP contribution < -0.4 is 4.74 Å². The fourth-order valence-electron chi connectivity index (χ4n) is 3.30. The van der Waals surface area contributed by atoms with Crippen LogP contribution in [0.4, 0.5) is 30.7 Å². The van der Waals surface area contributed by atoms with Crippen LogP contribution in [0.15, 0.2) is 30.3 Å². The number of ketones is 1. The van der Waals surface area contributed by atoms with Crippen LogP contribution in [0.25, 0.3) is 0 Å². The van der Waals surface area contributed by atoms with Crippen molar-refractivity contribution < 1.29 is 40.3 Å². The second-order valence-corrected chi connectivity index (χ2v) is 6.78. The quantitative estimate of drug-likeness (QED) is 0.555. The van der Waals surface area contributed by atoms with Crippen molar-refractivity contribution in [3.05, 3.63) is 58.4 Å². The summed E-state index contributed by atoms with van der Waals surface area (Å²) >= 11 is 0. The molecule has 2 aliphatic rings. The van der Waals surface area contributed by atoms with E-state index in [4.69, 9.17) is 4.74 Å². The van der Waals surface area contributed by atoms with E-state index >= 15 is 0 Å². The summed E-state index contributed by atoms with van der Waals surface area (Å²) in [6.45, 7) is 0. The molecule has 148 valence electrons. The van der Waals surface area contributed by atoms with E-state index in [1.165, 1.54) is 12.1 Å². The highest BCUT2D eigenvalue weighted by Crippen LogP contribution is 2.55. The van der Waals surface area contributed by atoms with Gasteiger partial charge in [-0.2, -0.15) is 17.6 Å². The van der Waals surface area contributed by atoms with Gasteiger partial charge in [0.15, 0.2) is 0 Å². The summed E-state index contributed by atoms with van der Waals surface area (Å²) in [6.07, 6.45) is -1.90. The molecule has 0 heterocycles. The van der Waals surface area contributed by atoms with Crippen molar-refractivity contribution >= 4 is 5.78 Å². The minimum absolute atomic E-state index is 0.103. The zero-order valence-electron chi connectivity index (χ0n) is 13.9.